The summed E-state index contributed by atoms with van der Waals surface area (Å²) < 4.78 is 20.8. The van der Waals surface area contributed by atoms with Crippen molar-refractivity contribution in [3.05, 3.63) is 11.9 Å². The number of fused-ring (bicyclic) bond motifs is 5. The summed E-state index contributed by atoms with van der Waals surface area (Å²) in [6, 6.07) is 0. The molecule has 4 saturated carbocycles. The molecular weight excluding hydrogens is 263 g/mol. The van der Waals surface area contributed by atoms with E-state index in [1.807, 2.05) is 6.08 Å². The van der Waals surface area contributed by atoms with Crippen LogP contribution in [0.15, 0.2) is 11.9 Å². The van der Waals surface area contributed by atoms with E-state index in [9.17, 15) is 4.39 Å². The third-order valence-electron chi connectivity index (χ3n) is 7.58. The molecule has 0 spiro atoms. The molecule has 0 aromatic rings. The van der Waals surface area contributed by atoms with Gasteiger partial charge in [0.2, 0.25) is 0 Å². The molecule has 4 bridgehead atoms. The molecular formula is C19H29FO. The molecule has 0 saturated heterocycles. The average Bonchev–Trinajstić information content (AvgIpc) is 2.49. The molecule has 0 amide bonds. The third-order valence-corrected chi connectivity index (χ3v) is 7.58. The van der Waals surface area contributed by atoms with Crippen molar-refractivity contribution in [2.24, 2.45) is 16.2 Å². The summed E-state index contributed by atoms with van der Waals surface area (Å²) in [5.74, 6) is 0.140. The van der Waals surface area contributed by atoms with E-state index in [1.54, 1.807) is 0 Å². The lowest BCUT2D eigenvalue weighted by Gasteiger charge is -2.54. The second kappa shape index (κ2) is 4.34. The van der Waals surface area contributed by atoms with Crippen molar-refractivity contribution < 1.29 is 9.13 Å². The van der Waals surface area contributed by atoms with Gasteiger partial charge in [-0.2, -0.15) is 0 Å². The molecule has 1 nitrogen and oxygen atoms in total. The van der Waals surface area contributed by atoms with Crippen molar-refractivity contribution in [2.45, 2.75) is 83.7 Å². The summed E-state index contributed by atoms with van der Waals surface area (Å²) in [7, 11) is 0. The van der Waals surface area contributed by atoms with Gasteiger partial charge in [-0.1, -0.05) is 13.8 Å². The van der Waals surface area contributed by atoms with Gasteiger partial charge in [-0.05, 0) is 75.7 Å². The van der Waals surface area contributed by atoms with Crippen molar-refractivity contribution in [3.63, 3.8) is 0 Å². The van der Waals surface area contributed by atoms with Gasteiger partial charge in [0.15, 0.2) is 0 Å². The minimum absolute atomic E-state index is 0.00872. The van der Waals surface area contributed by atoms with Crippen LogP contribution in [0.4, 0.5) is 4.39 Å². The zero-order valence-corrected chi connectivity index (χ0v) is 13.6. The Hall–Kier alpha value is -0.370. The summed E-state index contributed by atoms with van der Waals surface area (Å²) in [6.07, 6.45) is 13.8. The summed E-state index contributed by atoms with van der Waals surface area (Å²) in [5, 5.41) is 0. The van der Waals surface area contributed by atoms with E-state index < -0.39 is 0 Å². The third kappa shape index (κ3) is 2.20. The fourth-order valence-corrected chi connectivity index (χ4v) is 5.16. The summed E-state index contributed by atoms with van der Waals surface area (Å²) >= 11 is 0. The molecule has 0 aromatic carbocycles. The SMILES string of the molecule is CC12CCC(OCC34C=C(F)C(C)(CC3)CC4)(CC1)CC2. The molecule has 0 radical (unpaired) electrons. The molecule has 6 rings (SSSR count). The molecule has 0 N–H and O–H groups in total. The number of allylic oxidation sites excluding steroid dienone is 1. The van der Waals surface area contributed by atoms with Gasteiger partial charge in [-0.3, -0.25) is 0 Å². The zero-order valence-electron chi connectivity index (χ0n) is 13.6. The molecule has 0 aliphatic heterocycles. The average molecular weight is 292 g/mol. The fraction of sp³-hybridized carbons (Fsp3) is 0.895. The number of halogens is 1. The molecule has 0 heterocycles. The summed E-state index contributed by atoms with van der Waals surface area (Å²) in [6.45, 7) is 5.29. The first-order valence-electron chi connectivity index (χ1n) is 8.90. The summed E-state index contributed by atoms with van der Waals surface area (Å²) in [4.78, 5) is 0. The van der Waals surface area contributed by atoms with E-state index in [2.05, 4.69) is 13.8 Å². The van der Waals surface area contributed by atoms with Crippen molar-refractivity contribution in [3.8, 4) is 0 Å². The smallest absolute Gasteiger partial charge is 0.102 e. The largest absolute Gasteiger partial charge is 0.374 e. The molecule has 0 aromatic heterocycles. The molecule has 4 fully saturated rings. The normalized spacial score (nSPS) is 52.0. The van der Waals surface area contributed by atoms with Crippen LogP contribution >= 0.6 is 0 Å². The highest BCUT2D eigenvalue weighted by Gasteiger charge is 2.51. The zero-order chi connectivity index (χ0) is 14.8. The van der Waals surface area contributed by atoms with Crippen LogP contribution in [-0.2, 0) is 4.74 Å². The molecule has 6 aliphatic carbocycles. The standard InChI is InChI=1S/C19H29FO/c1-16-3-10-19(11-4-16,12-5-16)21-14-18-8-6-17(2,7-9-18)15(20)13-18/h13H,3-12,14H2,1-2H3. The minimum Gasteiger partial charge on any atom is -0.374 e. The highest BCUT2D eigenvalue weighted by atomic mass is 19.1. The Balaban J connectivity index is 1.46. The molecule has 21 heavy (non-hydrogen) atoms. The maximum atomic E-state index is 14.3. The highest BCUT2D eigenvalue weighted by molar-refractivity contribution is 5.21. The Morgan fingerprint density at radius 2 is 1.48 bits per heavy atom. The van der Waals surface area contributed by atoms with Gasteiger partial charge in [0.1, 0.15) is 5.83 Å². The molecule has 0 atom stereocenters. The Morgan fingerprint density at radius 3 is 2.00 bits per heavy atom. The van der Waals surface area contributed by atoms with Gasteiger partial charge < -0.3 is 4.74 Å². The molecule has 2 heteroatoms. The number of hydrogen-bond acceptors (Lipinski definition) is 1. The Morgan fingerprint density at radius 1 is 0.905 bits per heavy atom. The van der Waals surface area contributed by atoms with Gasteiger partial charge in [0, 0.05) is 10.8 Å². The van der Waals surface area contributed by atoms with E-state index in [-0.39, 0.29) is 22.3 Å². The Labute approximate surface area is 128 Å². The highest BCUT2D eigenvalue weighted by Crippen LogP contribution is 2.58. The van der Waals surface area contributed by atoms with E-state index in [4.69, 9.17) is 4.74 Å². The maximum absolute atomic E-state index is 14.3. The van der Waals surface area contributed by atoms with Crippen LogP contribution in [0.5, 0.6) is 0 Å². The minimum atomic E-state index is -0.155. The number of rotatable bonds is 3. The van der Waals surface area contributed by atoms with Crippen LogP contribution in [0.1, 0.15) is 78.1 Å². The van der Waals surface area contributed by atoms with Gasteiger partial charge in [0.05, 0.1) is 12.2 Å². The van der Waals surface area contributed by atoms with Crippen molar-refractivity contribution in [1.82, 2.24) is 0 Å². The second-order valence-electron chi connectivity index (χ2n) is 9.20. The second-order valence-corrected chi connectivity index (χ2v) is 9.20. The topological polar surface area (TPSA) is 9.23 Å². The quantitative estimate of drug-likeness (QED) is 0.662. The van der Waals surface area contributed by atoms with Gasteiger partial charge in [-0.15, -0.1) is 0 Å². The van der Waals surface area contributed by atoms with Crippen molar-refractivity contribution in [1.29, 1.82) is 0 Å². The first-order chi connectivity index (χ1) is 9.87. The van der Waals surface area contributed by atoms with Crippen LogP contribution < -0.4 is 0 Å². The predicted octanol–water partition coefficient (Wildman–Crippen LogP) is 5.55. The monoisotopic (exact) mass is 292 g/mol. The van der Waals surface area contributed by atoms with Crippen LogP contribution in [-0.4, -0.2) is 12.2 Å². The summed E-state index contributed by atoms with van der Waals surface area (Å²) in [5.41, 5.74) is 0.578. The van der Waals surface area contributed by atoms with Gasteiger partial charge in [-0.25, -0.2) is 4.39 Å². The van der Waals surface area contributed by atoms with E-state index in [0.29, 0.717) is 5.41 Å². The first kappa shape index (κ1) is 14.2. The predicted molar refractivity (Wildman–Crippen MR) is 82.7 cm³/mol. The van der Waals surface area contributed by atoms with Crippen molar-refractivity contribution >= 4 is 0 Å². The van der Waals surface area contributed by atoms with Gasteiger partial charge in [0.25, 0.3) is 0 Å². The van der Waals surface area contributed by atoms with Crippen LogP contribution in [0.3, 0.4) is 0 Å². The molecule has 0 unspecified atom stereocenters. The Kier molecular flexibility index (Phi) is 2.94. The number of ether oxygens (including phenoxy) is 1. The molecule has 118 valence electrons. The van der Waals surface area contributed by atoms with E-state index >= 15 is 0 Å². The lowest BCUT2D eigenvalue weighted by atomic mass is 9.58. The van der Waals surface area contributed by atoms with E-state index in [0.717, 1.165) is 32.3 Å². The Bertz CT molecular complexity index is 445. The lowest BCUT2D eigenvalue weighted by Crippen LogP contribution is -2.49. The van der Waals surface area contributed by atoms with Crippen LogP contribution in [0, 0.1) is 16.2 Å². The lowest BCUT2D eigenvalue weighted by molar-refractivity contribution is -0.155. The fourth-order valence-electron chi connectivity index (χ4n) is 5.16. The molecule has 6 aliphatic rings. The van der Waals surface area contributed by atoms with Crippen LogP contribution in [0.2, 0.25) is 0 Å². The van der Waals surface area contributed by atoms with Crippen LogP contribution in [0.25, 0.3) is 0 Å². The first-order valence-corrected chi connectivity index (χ1v) is 8.90. The van der Waals surface area contributed by atoms with E-state index in [1.165, 1.54) is 38.5 Å². The van der Waals surface area contributed by atoms with Gasteiger partial charge >= 0.3 is 0 Å². The van der Waals surface area contributed by atoms with Crippen molar-refractivity contribution in [2.75, 3.05) is 6.61 Å². The number of hydrogen-bond donors (Lipinski definition) is 0. The maximum Gasteiger partial charge on any atom is 0.102 e.